The first-order valence-corrected chi connectivity index (χ1v) is 3.33. The molecular formula is C8H8N2. The molecule has 0 aliphatic heterocycles. The molecule has 10 heavy (non-hydrogen) atoms. The second kappa shape index (κ2) is 2.54. The van der Waals surface area contributed by atoms with Gasteiger partial charge in [0.1, 0.15) is 0 Å². The highest BCUT2D eigenvalue weighted by atomic mass is 14.4. The monoisotopic (exact) mass is 132 g/mol. The van der Waals surface area contributed by atoms with Gasteiger partial charge in [0, 0.05) is 0 Å². The van der Waals surface area contributed by atoms with Gasteiger partial charge in [0.15, 0.2) is 5.41 Å². The minimum absolute atomic E-state index is 0.691. The zero-order valence-electron chi connectivity index (χ0n) is 5.67. The summed E-state index contributed by atoms with van der Waals surface area (Å²) in [6.45, 7) is 0. The van der Waals surface area contributed by atoms with E-state index in [1.54, 1.807) is 6.08 Å². The zero-order valence-corrected chi connectivity index (χ0v) is 5.67. The van der Waals surface area contributed by atoms with Crippen LogP contribution < -0.4 is 0 Å². The van der Waals surface area contributed by atoms with Crippen molar-refractivity contribution in [2.75, 3.05) is 0 Å². The molecule has 0 atom stereocenters. The molecule has 1 aliphatic carbocycles. The Balaban J connectivity index is 2.87. The minimum Gasteiger partial charge on any atom is -0.196 e. The highest BCUT2D eigenvalue weighted by molar-refractivity contribution is 5.25. The molecule has 0 bridgehead atoms. The van der Waals surface area contributed by atoms with E-state index >= 15 is 0 Å². The molecule has 0 aromatic rings. The topological polar surface area (TPSA) is 47.6 Å². The van der Waals surface area contributed by atoms with Crippen molar-refractivity contribution < 1.29 is 0 Å². The fourth-order valence-electron chi connectivity index (χ4n) is 1.08. The number of nitrogens with zero attached hydrogens (tertiary/aromatic N) is 2. The summed E-state index contributed by atoms with van der Waals surface area (Å²) in [7, 11) is 0. The lowest BCUT2D eigenvalue weighted by Gasteiger charge is -2.16. The van der Waals surface area contributed by atoms with Crippen LogP contribution in [0.4, 0.5) is 0 Å². The van der Waals surface area contributed by atoms with Crippen LogP contribution in [0.2, 0.25) is 0 Å². The molecular weight excluding hydrogens is 124 g/mol. The Kier molecular flexibility index (Phi) is 1.73. The van der Waals surface area contributed by atoms with Crippen LogP contribution in [0.15, 0.2) is 12.2 Å². The highest BCUT2D eigenvalue weighted by Gasteiger charge is 2.27. The molecule has 50 valence electrons. The van der Waals surface area contributed by atoms with Crippen molar-refractivity contribution in [3.05, 3.63) is 12.2 Å². The SMILES string of the molecule is N#CC1(C#N)C=CCCC1. The number of nitriles is 2. The van der Waals surface area contributed by atoms with Crippen molar-refractivity contribution in [3.8, 4) is 12.1 Å². The Labute approximate surface area is 60.4 Å². The third-order valence-corrected chi connectivity index (χ3v) is 1.74. The van der Waals surface area contributed by atoms with Gasteiger partial charge in [-0.15, -0.1) is 0 Å². The Hall–Kier alpha value is -1.28. The molecule has 2 heteroatoms. The lowest BCUT2D eigenvalue weighted by atomic mass is 9.82. The molecule has 0 heterocycles. The first-order chi connectivity index (χ1) is 4.83. The van der Waals surface area contributed by atoms with Gasteiger partial charge in [0.05, 0.1) is 12.1 Å². The summed E-state index contributed by atoms with van der Waals surface area (Å²) in [6.07, 6.45) is 6.28. The molecule has 0 fully saturated rings. The van der Waals surface area contributed by atoms with Crippen molar-refractivity contribution in [1.29, 1.82) is 10.5 Å². The van der Waals surface area contributed by atoms with E-state index < -0.39 is 5.41 Å². The van der Waals surface area contributed by atoms with Crippen molar-refractivity contribution in [3.63, 3.8) is 0 Å². The zero-order chi connectivity index (χ0) is 7.45. The van der Waals surface area contributed by atoms with Crippen LogP contribution >= 0.6 is 0 Å². The summed E-state index contributed by atoms with van der Waals surface area (Å²) in [4.78, 5) is 0. The largest absolute Gasteiger partial charge is 0.196 e. The van der Waals surface area contributed by atoms with Crippen molar-refractivity contribution in [1.82, 2.24) is 0 Å². The summed E-state index contributed by atoms with van der Waals surface area (Å²) in [6, 6.07) is 4.04. The van der Waals surface area contributed by atoms with E-state index in [2.05, 4.69) is 0 Å². The number of hydrogen-bond donors (Lipinski definition) is 0. The average Bonchev–Trinajstić information content (AvgIpc) is 2.06. The van der Waals surface area contributed by atoms with Crippen molar-refractivity contribution in [2.45, 2.75) is 19.3 Å². The maximum atomic E-state index is 8.62. The first kappa shape index (κ1) is 6.83. The Morgan fingerprint density at radius 1 is 1.30 bits per heavy atom. The molecule has 0 N–H and O–H groups in total. The predicted molar refractivity (Wildman–Crippen MR) is 36.6 cm³/mol. The van der Waals surface area contributed by atoms with E-state index in [-0.39, 0.29) is 0 Å². The third kappa shape index (κ3) is 1.01. The molecule has 0 aromatic heterocycles. The van der Waals surface area contributed by atoms with Crippen molar-refractivity contribution >= 4 is 0 Å². The Morgan fingerprint density at radius 3 is 2.30 bits per heavy atom. The molecule has 1 rings (SSSR count). The van der Waals surface area contributed by atoms with Gasteiger partial charge in [0.25, 0.3) is 0 Å². The molecule has 1 aliphatic rings. The van der Waals surface area contributed by atoms with Gasteiger partial charge in [-0.25, -0.2) is 0 Å². The van der Waals surface area contributed by atoms with Crippen LogP contribution in [-0.2, 0) is 0 Å². The van der Waals surface area contributed by atoms with E-state index in [1.165, 1.54) is 0 Å². The second-order valence-corrected chi connectivity index (χ2v) is 2.49. The van der Waals surface area contributed by atoms with E-state index in [0.29, 0.717) is 6.42 Å². The molecule has 0 amide bonds. The molecule has 0 unspecified atom stereocenters. The lowest BCUT2D eigenvalue weighted by Crippen LogP contribution is -2.14. The maximum absolute atomic E-state index is 8.62. The number of hydrogen-bond acceptors (Lipinski definition) is 2. The summed E-state index contributed by atoms with van der Waals surface area (Å²) < 4.78 is 0. The number of rotatable bonds is 0. The third-order valence-electron chi connectivity index (χ3n) is 1.74. The normalized spacial score (nSPS) is 21.0. The number of allylic oxidation sites excluding steroid dienone is 2. The lowest BCUT2D eigenvalue weighted by molar-refractivity contribution is 0.538. The molecule has 0 spiro atoms. The van der Waals surface area contributed by atoms with Gasteiger partial charge >= 0.3 is 0 Å². The Morgan fingerprint density at radius 2 is 2.00 bits per heavy atom. The maximum Gasteiger partial charge on any atom is 0.161 e. The van der Waals surface area contributed by atoms with E-state index in [4.69, 9.17) is 10.5 Å². The predicted octanol–water partition coefficient (Wildman–Crippen LogP) is 1.76. The van der Waals surface area contributed by atoms with Crippen LogP contribution in [0.25, 0.3) is 0 Å². The molecule has 2 nitrogen and oxygen atoms in total. The highest BCUT2D eigenvalue weighted by Crippen LogP contribution is 2.28. The smallest absolute Gasteiger partial charge is 0.161 e. The van der Waals surface area contributed by atoms with Gasteiger partial charge in [0.2, 0.25) is 0 Å². The van der Waals surface area contributed by atoms with Crippen LogP contribution in [0.3, 0.4) is 0 Å². The molecule has 0 radical (unpaired) electrons. The fraction of sp³-hybridized carbons (Fsp3) is 0.500. The second-order valence-electron chi connectivity index (χ2n) is 2.49. The molecule has 0 saturated carbocycles. The molecule has 0 aromatic carbocycles. The fourth-order valence-corrected chi connectivity index (χ4v) is 1.08. The first-order valence-electron chi connectivity index (χ1n) is 3.33. The minimum atomic E-state index is -0.807. The van der Waals surface area contributed by atoms with Crippen molar-refractivity contribution in [2.24, 2.45) is 5.41 Å². The average molecular weight is 132 g/mol. The van der Waals surface area contributed by atoms with E-state index in [9.17, 15) is 0 Å². The Bertz CT molecular complexity index is 213. The van der Waals surface area contributed by atoms with Crippen LogP contribution in [-0.4, -0.2) is 0 Å². The summed E-state index contributed by atoms with van der Waals surface area (Å²) in [5.74, 6) is 0. The summed E-state index contributed by atoms with van der Waals surface area (Å²) >= 11 is 0. The van der Waals surface area contributed by atoms with Gasteiger partial charge in [-0.2, -0.15) is 10.5 Å². The quantitative estimate of drug-likeness (QED) is 0.471. The van der Waals surface area contributed by atoms with Gasteiger partial charge in [-0.05, 0) is 19.3 Å². The summed E-state index contributed by atoms with van der Waals surface area (Å²) in [5.41, 5.74) is -0.807. The standard InChI is InChI=1S/C8H8N2/c9-6-8(7-10)4-2-1-3-5-8/h2,4H,1,3,5H2. The summed E-state index contributed by atoms with van der Waals surface area (Å²) in [5, 5.41) is 17.2. The van der Waals surface area contributed by atoms with E-state index in [0.717, 1.165) is 12.8 Å². The van der Waals surface area contributed by atoms with Crippen LogP contribution in [0, 0.1) is 28.1 Å². The van der Waals surface area contributed by atoms with Crippen LogP contribution in [0.5, 0.6) is 0 Å². The molecule has 0 saturated heterocycles. The van der Waals surface area contributed by atoms with Gasteiger partial charge in [-0.3, -0.25) is 0 Å². The van der Waals surface area contributed by atoms with Gasteiger partial charge in [-0.1, -0.05) is 12.2 Å². The van der Waals surface area contributed by atoms with Gasteiger partial charge < -0.3 is 0 Å². The van der Waals surface area contributed by atoms with Crippen LogP contribution in [0.1, 0.15) is 19.3 Å². The van der Waals surface area contributed by atoms with E-state index in [1.807, 2.05) is 18.2 Å².